The molecule has 4 rings (SSSR count). The lowest BCUT2D eigenvalue weighted by molar-refractivity contribution is 0.427. The van der Waals surface area contributed by atoms with Gasteiger partial charge in [-0.2, -0.15) is 5.10 Å². The first kappa shape index (κ1) is 15.5. The van der Waals surface area contributed by atoms with E-state index in [0.29, 0.717) is 32.9 Å². The quantitative estimate of drug-likeness (QED) is 0.751. The standard InChI is InChI=1S/C14H13FN4O3S2/c15-2-3-19-6-8(5-16-19)12-17-13(20)11-9-1-4-24(21,22)7-10(9)23-14(11)18-12/h5-6H,1-4,7H2,(H,17,18,20). The highest BCUT2D eigenvalue weighted by Crippen LogP contribution is 2.33. The Morgan fingerprint density at radius 3 is 3.04 bits per heavy atom. The van der Waals surface area contributed by atoms with Crippen LogP contribution in [-0.2, 0) is 28.6 Å². The van der Waals surface area contributed by atoms with E-state index in [1.54, 1.807) is 6.20 Å². The van der Waals surface area contributed by atoms with E-state index >= 15 is 0 Å². The largest absolute Gasteiger partial charge is 0.306 e. The lowest BCUT2D eigenvalue weighted by Crippen LogP contribution is -2.19. The van der Waals surface area contributed by atoms with Gasteiger partial charge in [-0.05, 0) is 12.0 Å². The summed E-state index contributed by atoms with van der Waals surface area (Å²) in [5.41, 5.74) is 1.09. The summed E-state index contributed by atoms with van der Waals surface area (Å²) in [5.74, 6) is 0.370. The number of sulfone groups is 1. The van der Waals surface area contributed by atoms with Crippen LogP contribution < -0.4 is 5.56 Å². The Bertz CT molecular complexity index is 1100. The van der Waals surface area contributed by atoms with Gasteiger partial charge in [0.2, 0.25) is 0 Å². The van der Waals surface area contributed by atoms with Crippen molar-refractivity contribution >= 4 is 31.4 Å². The van der Waals surface area contributed by atoms with Crippen LogP contribution in [0, 0.1) is 0 Å². The van der Waals surface area contributed by atoms with Crippen LogP contribution in [0.2, 0.25) is 0 Å². The molecule has 0 saturated heterocycles. The van der Waals surface area contributed by atoms with Gasteiger partial charge in [0.05, 0.1) is 35.2 Å². The second-order valence-corrected chi connectivity index (χ2v) is 8.89. The van der Waals surface area contributed by atoms with Crippen molar-refractivity contribution in [3.8, 4) is 11.4 Å². The molecule has 0 saturated carbocycles. The van der Waals surface area contributed by atoms with Crippen LogP contribution in [0.5, 0.6) is 0 Å². The minimum atomic E-state index is -3.10. The van der Waals surface area contributed by atoms with E-state index in [1.165, 1.54) is 22.2 Å². The van der Waals surface area contributed by atoms with Crippen LogP contribution in [0.1, 0.15) is 10.4 Å². The molecule has 3 aromatic rings. The first-order valence-electron chi connectivity index (χ1n) is 7.30. The van der Waals surface area contributed by atoms with Crippen molar-refractivity contribution in [1.29, 1.82) is 0 Å². The van der Waals surface area contributed by atoms with Crippen LogP contribution in [0.25, 0.3) is 21.6 Å². The highest BCUT2D eigenvalue weighted by atomic mass is 32.2. The van der Waals surface area contributed by atoms with Crippen molar-refractivity contribution in [3.05, 3.63) is 33.2 Å². The van der Waals surface area contributed by atoms with Gasteiger partial charge in [-0.3, -0.25) is 9.48 Å². The average Bonchev–Trinajstić information content (AvgIpc) is 3.10. The number of halogens is 1. The molecule has 10 heteroatoms. The van der Waals surface area contributed by atoms with Gasteiger partial charge >= 0.3 is 0 Å². The van der Waals surface area contributed by atoms with Crippen molar-refractivity contribution in [1.82, 2.24) is 19.7 Å². The number of alkyl halides is 1. The third kappa shape index (κ3) is 2.55. The molecule has 0 atom stereocenters. The predicted octanol–water partition coefficient (Wildman–Crippen LogP) is 1.29. The van der Waals surface area contributed by atoms with Gasteiger partial charge in [0.25, 0.3) is 5.56 Å². The topological polar surface area (TPSA) is 97.7 Å². The molecule has 0 unspecified atom stereocenters. The van der Waals surface area contributed by atoms with Crippen molar-refractivity contribution < 1.29 is 12.8 Å². The van der Waals surface area contributed by atoms with E-state index in [0.717, 1.165) is 5.56 Å². The molecule has 0 spiro atoms. The molecule has 1 aliphatic rings. The third-order valence-corrected chi connectivity index (χ3v) is 6.84. The van der Waals surface area contributed by atoms with Gasteiger partial charge in [-0.25, -0.2) is 17.8 Å². The summed E-state index contributed by atoms with van der Waals surface area (Å²) in [4.78, 5) is 20.9. The summed E-state index contributed by atoms with van der Waals surface area (Å²) < 4.78 is 37.4. The summed E-state index contributed by atoms with van der Waals surface area (Å²) in [7, 11) is -3.10. The molecular formula is C14H13FN4O3S2. The number of fused-ring (bicyclic) bond motifs is 3. The number of hydrogen-bond acceptors (Lipinski definition) is 6. The van der Waals surface area contributed by atoms with E-state index < -0.39 is 16.5 Å². The van der Waals surface area contributed by atoms with Gasteiger partial charge in [0.1, 0.15) is 17.3 Å². The van der Waals surface area contributed by atoms with E-state index in [9.17, 15) is 17.6 Å². The molecule has 3 aromatic heterocycles. The van der Waals surface area contributed by atoms with Crippen molar-refractivity contribution in [2.75, 3.05) is 12.4 Å². The zero-order valence-electron chi connectivity index (χ0n) is 12.5. The SMILES string of the molecule is O=c1[nH]c(-c2cnn(CCF)c2)nc2sc3c(c12)CCS(=O)(=O)C3. The number of H-pyrrole nitrogens is 1. The minimum absolute atomic E-state index is 0.0352. The molecule has 126 valence electrons. The predicted molar refractivity (Wildman–Crippen MR) is 88.6 cm³/mol. The van der Waals surface area contributed by atoms with Crippen LogP contribution in [0.15, 0.2) is 17.2 Å². The molecule has 0 aliphatic carbocycles. The summed E-state index contributed by atoms with van der Waals surface area (Å²) in [6, 6.07) is 0. The smallest absolute Gasteiger partial charge is 0.260 e. The van der Waals surface area contributed by atoms with Crippen molar-refractivity contribution in [2.45, 2.75) is 18.7 Å². The molecule has 1 aliphatic heterocycles. The van der Waals surface area contributed by atoms with E-state index in [1.807, 2.05) is 0 Å². The molecule has 1 N–H and O–H groups in total. The summed E-state index contributed by atoms with van der Waals surface area (Å²) in [6.07, 6.45) is 3.47. The number of thiophene rings is 1. The van der Waals surface area contributed by atoms with Gasteiger partial charge in [-0.1, -0.05) is 0 Å². The van der Waals surface area contributed by atoms with Gasteiger partial charge < -0.3 is 4.98 Å². The van der Waals surface area contributed by atoms with E-state index in [-0.39, 0.29) is 23.6 Å². The van der Waals surface area contributed by atoms with Crippen LogP contribution >= 0.6 is 11.3 Å². The Balaban J connectivity index is 1.84. The first-order chi connectivity index (χ1) is 11.5. The second-order valence-electron chi connectivity index (χ2n) is 5.62. The highest BCUT2D eigenvalue weighted by molar-refractivity contribution is 7.90. The fourth-order valence-electron chi connectivity index (χ4n) is 2.85. The number of hydrogen-bond donors (Lipinski definition) is 1. The van der Waals surface area contributed by atoms with Gasteiger partial charge in [0.15, 0.2) is 9.84 Å². The van der Waals surface area contributed by atoms with E-state index in [4.69, 9.17) is 0 Å². The summed E-state index contributed by atoms with van der Waals surface area (Å²) in [6.45, 7) is -0.395. The lowest BCUT2D eigenvalue weighted by Gasteiger charge is -2.11. The Labute approximate surface area is 140 Å². The first-order valence-corrected chi connectivity index (χ1v) is 9.94. The Hall–Kier alpha value is -2.07. The zero-order chi connectivity index (χ0) is 16.9. The average molecular weight is 368 g/mol. The minimum Gasteiger partial charge on any atom is -0.306 e. The molecule has 0 radical (unpaired) electrons. The highest BCUT2D eigenvalue weighted by Gasteiger charge is 2.27. The molecule has 0 amide bonds. The number of aromatic amines is 1. The summed E-state index contributed by atoms with van der Waals surface area (Å²) in [5, 5.41) is 4.49. The molecular weight excluding hydrogens is 355 g/mol. The zero-order valence-corrected chi connectivity index (χ0v) is 14.1. The molecule has 4 heterocycles. The molecule has 0 fully saturated rings. The van der Waals surface area contributed by atoms with Crippen LogP contribution in [-0.4, -0.2) is 40.6 Å². The maximum Gasteiger partial charge on any atom is 0.260 e. The number of aromatic nitrogens is 4. The Kier molecular flexibility index (Phi) is 3.53. The Morgan fingerprint density at radius 2 is 2.25 bits per heavy atom. The second kappa shape index (κ2) is 5.49. The van der Waals surface area contributed by atoms with Crippen LogP contribution in [0.3, 0.4) is 0 Å². The fraction of sp³-hybridized carbons (Fsp3) is 0.357. The summed E-state index contributed by atoms with van der Waals surface area (Å²) >= 11 is 1.24. The number of nitrogens with zero attached hydrogens (tertiary/aromatic N) is 3. The molecule has 24 heavy (non-hydrogen) atoms. The third-order valence-electron chi connectivity index (χ3n) is 3.98. The number of nitrogens with one attached hydrogen (secondary N) is 1. The Morgan fingerprint density at radius 1 is 1.42 bits per heavy atom. The van der Waals surface area contributed by atoms with E-state index in [2.05, 4.69) is 15.1 Å². The monoisotopic (exact) mass is 368 g/mol. The molecule has 0 bridgehead atoms. The van der Waals surface area contributed by atoms with Gasteiger partial charge in [0, 0.05) is 11.1 Å². The molecule has 7 nitrogen and oxygen atoms in total. The maximum absolute atomic E-state index is 12.5. The number of rotatable bonds is 3. The lowest BCUT2D eigenvalue weighted by atomic mass is 10.1. The number of aryl methyl sites for hydroxylation is 2. The fourth-order valence-corrected chi connectivity index (χ4v) is 5.88. The van der Waals surface area contributed by atoms with Gasteiger partial charge in [-0.15, -0.1) is 11.3 Å². The normalized spacial score (nSPS) is 16.4. The van der Waals surface area contributed by atoms with Crippen LogP contribution in [0.4, 0.5) is 4.39 Å². The van der Waals surface area contributed by atoms with Crippen molar-refractivity contribution in [2.24, 2.45) is 0 Å². The van der Waals surface area contributed by atoms with Crippen molar-refractivity contribution in [3.63, 3.8) is 0 Å². The maximum atomic E-state index is 12.5. The molecule has 0 aromatic carbocycles.